The first-order valence-corrected chi connectivity index (χ1v) is 9.29. The van der Waals surface area contributed by atoms with Crippen molar-refractivity contribution >= 4 is 21.9 Å². The van der Waals surface area contributed by atoms with Crippen LogP contribution < -0.4 is 10.6 Å². The number of ether oxygens (including phenoxy) is 1. The van der Waals surface area contributed by atoms with Gasteiger partial charge in [-0.1, -0.05) is 34.5 Å². The van der Waals surface area contributed by atoms with Gasteiger partial charge in [0.05, 0.1) is 6.61 Å². The fourth-order valence-corrected chi connectivity index (χ4v) is 3.70. The lowest BCUT2D eigenvalue weighted by molar-refractivity contribution is 0.186. The van der Waals surface area contributed by atoms with Crippen LogP contribution in [0.25, 0.3) is 0 Å². The molecule has 2 aliphatic rings. The summed E-state index contributed by atoms with van der Waals surface area (Å²) >= 11 is 3.52. The fraction of sp³-hybridized carbons (Fsp3) is 0.611. The molecule has 0 aromatic heterocycles. The molecule has 2 N–H and O–H groups in total. The molecule has 3 rings (SSSR count). The summed E-state index contributed by atoms with van der Waals surface area (Å²) in [6, 6.07) is 8.78. The van der Waals surface area contributed by atoms with Crippen LogP contribution in [0.4, 0.5) is 0 Å². The van der Waals surface area contributed by atoms with Crippen LogP contribution in [0, 0.1) is 5.92 Å². The smallest absolute Gasteiger partial charge is 0.191 e. The number of hydrogen-bond acceptors (Lipinski definition) is 2. The first kappa shape index (κ1) is 16.8. The fourth-order valence-electron chi connectivity index (χ4n) is 3.43. The molecule has 5 heteroatoms. The van der Waals surface area contributed by atoms with E-state index in [0.29, 0.717) is 5.92 Å². The summed E-state index contributed by atoms with van der Waals surface area (Å²) in [5, 5.41) is 6.98. The number of halogens is 1. The normalized spacial score (nSPS) is 23.4. The molecule has 1 saturated heterocycles. The van der Waals surface area contributed by atoms with E-state index in [0.717, 1.165) is 43.2 Å². The minimum atomic E-state index is 0.259. The van der Waals surface area contributed by atoms with E-state index < -0.39 is 0 Å². The predicted octanol–water partition coefficient (Wildman–Crippen LogP) is 3.07. The molecule has 0 amide bonds. The molecule has 4 nitrogen and oxygen atoms in total. The van der Waals surface area contributed by atoms with E-state index in [9.17, 15) is 0 Å². The molecule has 1 atom stereocenters. The highest BCUT2D eigenvalue weighted by molar-refractivity contribution is 9.10. The van der Waals surface area contributed by atoms with E-state index in [1.807, 2.05) is 7.05 Å². The van der Waals surface area contributed by atoms with Gasteiger partial charge in [0, 0.05) is 42.5 Å². The lowest BCUT2D eigenvalue weighted by Gasteiger charge is -2.43. The predicted molar refractivity (Wildman–Crippen MR) is 98.0 cm³/mol. The molecule has 1 unspecified atom stereocenters. The average molecular weight is 380 g/mol. The van der Waals surface area contributed by atoms with Crippen molar-refractivity contribution in [3.8, 4) is 0 Å². The zero-order chi connectivity index (χ0) is 16.1. The monoisotopic (exact) mass is 379 g/mol. The number of aliphatic imine (C=N–C) groups is 1. The second-order valence-electron chi connectivity index (χ2n) is 6.68. The van der Waals surface area contributed by atoms with E-state index in [4.69, 9.17) is 4.74 Å². The van der Waals surface area contributed by atoms with E-state index in [1.165, 1.54) is 24.8 Å². The van der Waals surface area contributed by atoms with Crippen LogP contribution >= 0.6 is 15.9 Å². The van der Waals surface area contributed by atoms with Crippen molar-refractivity contribution in [2.45, 2.75) is 31.1 Å². The van der Waals surface area contributed by atoms with E-state index in [2.05, 4.69) is 55.8 Å². The summed E-state index contributed by atoms with van der Waals surface area (Å²) in [4.78, 5) is 4.36. The highest BCUT2D eigenvalue weighted by atomic mass is 79.9. The van der Waals surface area contributed by atoms with Gasteiger partial charge in [-0.3, -0.25) is 4.99 Å². The molecule has 1 aliphatic heterocycles. The molecule has 0 spiro atoms. The zero-order valence-electron chi connectivity index (χ0n) is 13.8. The molecule has 126 valence electrons. The standard InChI is InChI=1S/C18H26BrN3O/c1-20-17(21-11-14-7-10-23-12-14)22-13-18(8-2-9-18)15-3-5-16(19)6-4-15/h3-6,14H,2,7-13H2,1H3,(H2,20,21,22). The molecule has 23 heavy (non-hydrogen) atoms. The molecule has 0 bridgehead atoms. The molecule has 1 aliphatic carbocycles. The Balaban J connectivity index is 1.55. The summed E-state index contributed by atoms with van der Waals surface area (Å²) in [7, 11) is 1.84. The molecule has 0 radical (unpaired) electrons. The van der Waals surface area contributed by atoms with Gasteiger partial charge >= 0.3 is 0 Å². The molecular formula is C18H26BrN3O. The Hall–Kier alpha value is -1.07. The van der Waals surface area contributed by atoms with Gasteiger partial charge in [-0.2, -0.15) is 0 Å². The summed E-state index contributed by atoms with van der Waals surface area (Å²) in [5.41, 5.74) is 1.69. The van der Waals surface area contributed by atoms with Gasteiger partial charge in [-0.15, -0.1) is 0 Å². The second kappa shape index (κ2) is 7.67. The van der Waals surface area contributed by atoms with Gasteiger partial charge in [0.1, 0.15) is 0 Å². The van der Waals surface area contributed by atoms with Gasteiger partial charge in [0.2, 0.25) is 0 Å². The van der Waals surface area contributed by atoms with Crippen molar-refractivity contribution in [2.24, 2.45) is 10.9 Å². The molecule has 1 aromatic carbocycles. The summed E-state index contributed by atoms with van der Waals surface area (Å²) in [6.07, 6.45) is 4.94. The summed E-state index contributed by atoms with van der Waals surface area (Å²) < 4.78 is 6.57. The zero-order valence-corrected chi connectivity index (χ0v) is 15.4. The average Bonchev–Trinajstić information content (AvgIpc) is 3.04. The van der Waals surface area contributed by atoms with Crippen LogP contribution in [0.2, 0.25) is 0 Å². The minimum Gasteiger partial charge on any atom is -0.381 e. The maximum atomic E-state index is 5.43. The van der Waals surface area contributed by atoms with Crippen molar-refractivity contribution in [3.05, 3.63) is 34.3 Å². The van der Waals surface area contributed by atoms with Gasteiger partial charge in [0.15, 0.2) is 5.96 Å². The summed E-state index contributed by atoms with van der Waals surface area (Å²) in [5.74, 6) is 1.51. The first-order valence-electron chi connectivity index (χ1n) is 8.50. The maximum Gasteiger partial charge on any atom is 0.191 e. The number of hydrogen-bond donors (Lipinski definition) is 2. The van der Waals surface area contributed by atoms with E-state index >= 15 is 0 Å². The Morgan fingerprint density at radius 1 is 1.30 bits per heavy atom. The Morgan fingerprint density at radius 2 is 2.09 bits per heavy atom. The van der Waals surface area contributed by atoms with Crippen molar-refractivity contribution in [1.82, 2.24) is 10.6 Å². The van der Waals surface area contributed by atoms with Crippen LogP contribution in [0.15, 0.2) is 33.7 Å². The van der Waals surface area contributed by atoms with E-state index in [1.54, 1.807) is 0 Å². The van der Waals surface area contributed by atoms with Crippen LogP contribution in [0.5, 0.6) is 0 Å². The Bertz CT molecular complexity index is 534. The highest BCUT2D eigenvalue weighted by Gasteiger charge is 2.38. The first-order chi connectivity index (χ1) is 11.2. The highest BCUT2D eigenvalue weighted by Crippen LogP contribution is 2.43. The maximum absolute atomic E-state index is 5.43. The van der Waals surface area contributed by atoms with Crippen LogP contribution in [-0.2, 0) is 10.2 Å². The summed E-state index contributed by atoms with van der Waals surface area (Å²) in [6.45, 7) is 3.64. The van der Waals surface area contributed by atoms with Gasteiger partial charge < -0.3 is 15.4 Å². The minimum absolute atomic E-state index is 0.259. The number of nitrogens with one attached hydrogen (secondary N) is 2. The van der Waals surface area contributed by atoms with E-state index in [-0.39, 0.29) is 5.41 Å². The van der Waals surface area contributed by atoms with Crippen LogP contribution in [0.1, 0.15) is 31.2 Å². The Morgan fingerprint density at radius 3 is 2.65 bits per heavy atom. The third-order valence-corrected chi connectivity index (χ3v) is 5.70. The number of guanidine groups is 1. The van der Waals surface area contributed by atoms with Crippen molar-refractivity contribution in [1.29, 1.82) is 0 Å². The Labute approximate surface area is 147 Å². The third-order valence-electron chi connectivity index (χ3n) is 5.17. The van der Waals surface area contributed by atoms with Crippen molar-refractivity contribution in [2.75, 3.05) is 33.4 Å². The number of nitrogens with zero attached hydrogens (tertiary/aromatic N) is 1. The molecule has 2 fully saturated rings. The van der Waals surface area contributed by atoms with Gasteiger partial charge in [0.25, 0.3) is 0 Å². The largest absolute Gasteiger partial charge is 0.381 e. The van der Waals surface area contributed by atoms with Crippen molar-refractivity contribution in [3.63, 3.8) is 0 Å². The molecule has 1 aromatic rings. The lowest BCUT2D eigenvalue weighted by Crippen LogP contribution is -2.49. The SMILES string of the molecule is CN=C(NCC1CCOC1)NCC1(c2ccc(Br)cc2)CCC1. The Kier molecular flexibility index (Phi) is 5.59. The quantitative estimate of drug-likeness (QED) is 0.610. The molecule has 1 heterocycles. The van der Waals surface area contributed by atoms with Gasteiger partial charge in [-0.05, 0) is 37.0 Å². The van der Waals surface area contributed by atoms with Gasteiger partial charge in [-0.25, -0.2) is 0 Å². The molecular weight excluding hydrogens is 354 g/mol. The lowest BCUT2D eigenvalue weighted by atomic mass is 9.64. The third kappa shape index (κ3) is 4.07. The van der Waals surface area contributed by atoms with Crippen LogP contribution in [0.3, 0.4) is 0 Å². The number of benzene rings is 1. The number of rotatable bonds is 5. The molecule has 1 saturated carbocycles. The van der Waals surface area contributed by atoms with Crippen LogP contribution in [-0.4, -0.2) is 39.3 Å². The van der Waals surface area contributed by atoms with Crippen molar-refractivity contribution < 1.29 is 4.74 Å². The second-order valence-corrected chi connectivity index (χ2v) is 7.59. The topological polar surface area (TPSA) is 45.7 Å².